The van der Waals surface area contributed by atoms with Gasteiger partial charge >= 0.3 is 0 Å². The second-order valence-electron chi connectivity index (χ2n) is 6.57. The molecule has 2 aromatic rings. The first-order valence-electron chi connectivity index (χ1n) is 9.02. The van der Waals surface area contributed by atoms with Crippen LogP contribution in [0.2, 0.25) is 0 Å². The summed E-state index contributed by atoms with van der Waals surface area (Å²) >= 11 is 0. The molecule has 0 spiro atoms. The van der Waals surface area contributed by atoms with Crippen LogP contribution in [0.25, 0.3) is 0 Å². The number of nitrogens with zero attached hydrogens (tertiary/aromatic N) is 2. The Balaban J connectivity index is 1.44. The molecular weight excluding hydrogens is 312 g/mol. The van der Waals surface area contributed by atoms with E-state index in [1.807, 2.05) is 18.2 Å². The van der Waals surface area contributed by atoms with Gasteiger partial charge in [-0.1, -0.05) is 42.5 Å². The van der Waals surface area contributed by atoms with E-state index in [9.17, 15) is 0 Å². The van der Waals surface area contributed by atoms with E-state index >= 15 is 0 Å². The molecule has 0 aromatic heterocycles. The van der Waals surface area contributed by atoms with E-state index in [1.165, 1.54) is 11.3 Å². The van der Waals surface area contributed by atoms with Gasteiger partial charge in [-0.15, -0.1) is 0 Å². The topological polar surface area (TPSA) is 24.9 Å². The first kappa shape index (κ1) is 17.8. The fourth-order valence-corrected chi connectivity index (χ4v) is 3.29. The van der Waals surface area contributed by atoms with E-state index in [0.29, 0.717) is 6.61 Å². The third kappa shape index (κ3) is 4.97. The minimum absolute atomic E-state index is 0.234. The smallest absolute Gasteiger partial charge is 0.142 e. The zero-order chi connectivity index (χ0) is 17.5. The standard InChI is InChI=1S/C21H28N2O2/c1-18(25-17-19-8-4-3-5-9-19)16-22-12-14-23(15-13-22)20-10-6-7-11-21(20)24-2/h3-11,18H,12-17H2,1-2H3. The molecule has 1 heterocycles. The number of anilines is 1. The van der Waals surface area contributed by atoms with Crippen molar-refractivity contribution in [3.8, 4) is 5.75 Å². The predicted molar refractivity (Wildman–Crippen MR) is 102 cm³/mol. The molecule has 3 rings (SSSR count). The molecule has 0 amide bonds. The van der Waals surface area contributed by atoms with Crippen LogP contribution in [0.5, 0.6) is 5.75 Å². The van der Waals surface area contributed by atoms with Crippen molar-refractivity contribution in [2.24, 2.45) is 0 Å². The number of para-hydroxylation sites is 2. The zero-order valence-corrected chi connectivity index (χ0v) is 15.2. The van der Waals surface area contributed by atoms with Gasteiger partial charge in [-0.25, -0.2) is 0 Å². The molecule has 25 heavy (non-hydrogen) atoms. The summed E-state index contributed by atoms with van der Waals surface area (Å²) in [6.45, 7) is 7.97. The lowest BCUT2D eigenvalue weighted by atomic mass is 10.2. The summed E-state index contributed by atoms with van der Waals surface area (Å²) in [5.41, 5.74) is 2.42. The van der Waals surface area contributed by atoms with Gasteiger partial charge in [0.25, 0.3) is 0 Å². The van der Waals surface area contributed by atoms with Crippen molar-refractivity contribution in [3.05, 3.63) is 60.2 Å². The second kappa shape index (κ2) is 8.88. The number of ether oxygens (including phenoxy) is 2. The molecule has 0 N–H and O–H groups in total. The first-order valence-corrected chi connectivity index (χ1v) is 9.02. The lowest BCUT2D eigenvalue weighted by Crippen LogP contribution is -2.48. The van der Waals surface area contributed by atoms with Crippen molar-refractivity contribution in [2.75, 3.05) is 44.7 Å². The summed E-state index contributed by atoms with van der Waals surface area (Å²) < 4.78 is 11.5. The van der Waals surface area contributed by atoms with Crippen LogP contribution in [0.3, 0.4) is 0 Å². The molecule has 4 heteroatoms. The molecule has 0 saturated carbocycles. The highest BCUT2D eigenvalue weighted by Gasteiger charge is 2.20. The van der Waals surface area contributed by atoms with Crippen molar-refractivity contribution in [2.45, 2.75) is 19.6 Å². The summed E-state index contributed by atoms with van der Waals surface area (Å²) in [4.78, 5) is 4.90. The highest BCUT2D eigenvalue weighted by Crippen LogP contribution is 2.28. The van der Waals surface area contributed by atoms with Gasteiger partial charge in [0, 0.05) is 32.7 Å². The van der Waals surface area contributed by atoms with E-state index in [0.717, 1.165) is 38.5 Å². The molecule has 0 aliphatic carbocycles. The Bertz CT molecular complexity index is 639. The molecule has 0 bridgehead atoms. The van der Waals surface area contributed by atoms with Crippen LogP contribution in [0.4, 0.5) is 5.69 Å². The Morgan fingerprint density at radius 3 is 2.32 bits per heavy atom. The number of methoxy groups -OCH3 is 1. The van der Waals surface area contributed by atoms with Gasteiger partial charge in [0.2, 0.25) is 0 Å². The van der Waals surface area contributed by atoms with Crippen molar-refractivity contribution in [1.82, 2.24) is 4.90 Å². The van der Waals surface area contributed by atoms with E-state index in [-0.39, 0.29) is 6.10 Å². The number of rotatable bonds is 7. The second-order valence-corrected chi connectivity index (χ2v) is 6.57. The Kier molecular flexibility index (Phi) is 6.31. The molecule has 0 radical (unpaired) electrons. The van der Waals surface area contributed by atoms with Crippen molar-refractivity contribution < 1.29 is 9.47 Å². The van der Waals surface area contributed by atoms with Gasteiger partial charge in [0.05, 0.1) is 25.5 Å². The number of benzene rings is 2. The molecule has 1 unspecified atom stereocenters. The van der Waals surface area contributed by atoms with Gasteiger partial charge < -0.3 is 14.4 Å². The summed E-state index contributed by atoms with van der Waals surface area (Å²) in [6, 6.07) is 18.6. The number of piperazine rings is 1. The number of hydrogen-bond acceptors (Lipinski definition) is 4. The van der Waals surface area contributed by atoms with E-state index < -0.39 is 0 Å². The Morgan fingerprint density at radius 1 is 0.920 bits per heavy atom. The Morgan fingerprint density at radius 2 is 1.60 bits per heavy atom. The normalized spacial score (nSPS) is 16.6. The highest BCUT2D eigenvalue weighted by atomic mass is 16.5. The molecule has 134 valence electrons. The first-order chi connectivity index (χ1) is 12.3. The number of hydrogen-bond donors (Lipinski definition) is 0. The molecule has 1 fully saturated rings. The molecule has 4 nitrogen and oxygen atoms in total. The summed E-state index contributed by atoms with van der Waals surface area (Å²) in [5.74, 6) is 0.954. The Hall–Kier alpha value is -2.04. The van der Waals surface area contributed by atoms with Crippen LogP contribution in [-0.2, 0) is 11.3 Å². The predicted octanol–water partition coefficient (Wildman–Crippen LogP) is 3.42. The third-order valence-electron chi connectivity index (χ3n) is 4.69. The van der Waals surface area contributed by atoms with Crippen LogP contribution in [0.1, 0.15) is 12.5 Å². The van der Waals surface area contributed by atoms with Crippen molar-refractivity contribution in [3.63, 3.8) is 0 Å². The van der Waals surface area contributed by atoms with Gasteiger partial charge in [-0.3, -0.25) is 4.90 Å². The minimum Gasteiger partial charge on any atom is -0.495 e. The van der Waals surface area contributed by atoms with E-state index in [2.05, 4.69) is 53.1 Å². The lowest BCUT2D eigenvalue weighted by Gasteiger charge is -2.37. The van der Waals surface area contributed by atoms with Crippen LogP contribution in [0, 0.1) is 0 Å². The van der Waals surface area contributed by atoms with E-state index in [1.54, 1.807) is 7.11 Å². The van der Waals surface area contributed by atoms with E-state index in [4.69, 9.17) is 9.47 Å². The molecular formula is C21H28N2O2. The maximum Gasteiger partial charge on any atom is 0.142 e. The van der Waals surface area contributed by atoms with Crippen LogP contribution in [0.15, 0.2) is 54.6 Å². The minimum atomic E-state index is 0.234. The molecule has 2 aromatic carbocycles. The van der Waals surface area contributed by atoms with Gasteiger partial charge in [-0.05, 0) is 24.6 Å². The maximum atomic E-state index is 6.00. The summed E-state index contributed by atoms with van der Waals surface area (Å²) in [6.07, 6.45) is 0.234. The molecule has 1 aliphatic heterocycles. The average molecular weight is 340 g/mol. The van der Waals surface area contributed by atoms with Gasteiger partial charge in [-0.2, -0.15) is 0 Å². The van der Waals surface area contributed by atoms with Crippen LogP contribution >= 0.6 is 0 Å². The molecule has 1 aliphatic rings. The Labute approximate surface area is 151 Å². The fourth-order valence-electron chi connectivity index (χ4n) is 3.29. The highest BCUT2D eigenvalue weighted by molar-refractivity contribution is 5.58. The molecule has 1 saturated heterocycles. The fraction of sp³-hybridized carbons (Fsp3) is 0.429. The van der Waals surface area contributed by atoms with Crippen LogP contribution in [-0.4, -0.2) is 50.8 Å². The summed E-state index contributed by atoms with van der Waals surface area (Å²) in [7, 11) is 1.74. The monoisotopic (exact) mass is 340 g/mol. The largest absolute Gasteiger partial charge is 0.495 e. The van der Waals surface area contributed by atoms with Gasteiger partial charge in [0.15, 0.2) is 0 Å². The average Bonchev–Trinajstić information content (AvgIpc) is 2.68. The van der Waals surface area contributed by atoms with Gasteiger partial charge in [0.1, 0.15) is 5.75 Å². The summed E-state index contributed by atoms with van der Waals surface area (Å²) in [5, 5.41) is 0. The molecule has 1 atom stereocenters. The quantitative estimate of drug-likeness (QED) is 0.771. The third-order valence-corrected chi connectivity index (χ3v) is 4.69. The van der Waals surface area contributed by atoms with Crippen LogP contribution < -0.4 is 9.64 Å². The SMILES string of the molecule is COc1ccccc1N1CCN(CC(C)OCc2ccccc2)CC1. The maximum absolute atomic E-state index is 6.00. The van der Waals surface area contributed by atoms with Crippen molar-refractivity contribution in [1.29, 1.82) is 0 Å². The lowest BCUT2D eigenvalue weighted by molar-refractivity contribution is 0.0256. The zero-order valence-electron chi connectivity index (χ0n) is 15.2. The van der Waals surface area contributed by atoms with Crippen molar-refractivity contribution >= 4 is 5.69 Å².